The van der Waals surface area contributed by atoms with E-state index in [1.807, 2.05) is 19.1 Å². The van der Waals surface area contributed by atoms with Crippen molar-refractivity contribution in [3.63, 3.8) is 0 Å². The monoisotopic (exact) mass is 277 g/mol. The Bertz CT molecular complexity index is 587. The number of hydrogen-bond acceptors (Lipinski definition) is 4. The average Bonchev–Trinajstić information content (AvgIpc) is 2.33. The Morgan fingerprint density at radius 1 is 1.26 bits per heavy atom. The number of benzene rings is 1. The highest BCUT2D eigenvalue weighted by molar-refractivity contribution is 6.30. The van der Waals surface area contributed by atoms with Crippen LogP contribution in [0.2, 0.25) is 5.02 Å². The predicted molar refractivity (Wildman–Crippen MR) is 76.7 cm³/mol. The van der Waals surface area contributed by atoms with Gasteiger partial charge < -0.3 is 10.5 Å². The summed E-state index contributed by atoms with van der Waals surface area (Å²) < 4.78 is 5.74. The minimum absolute atomic E-state index is 0.410. The lowest BCUT2D eigenvalue weighted by Crippen LogP contribution is -2.01. The molecule has 4 nitrogen and oxygen atoms in total. The van der Waals surface area contributed by atoms with E-state index in [9.17, 15) is 0 Å². The molecule has 0 amide bonds. The molecule has 2 rings (SSSR count). The number of anilines is 1. The van der Waals surface area contributed by atoms with Gasteiger partial charge in [-0.2, -0.15) is 4.98 Å². The van der Waals surface area contributed by atoms with Crippen molar-refractivity contribution in [1.82, 2.24) is 9.97 Å². The second-order valence-corrected chi connectivity index (χ2v) is 4.75. The summed E-state index contributed by atoms with van der Waals surface area (Å²) in [5.74, 6) is 2.22. The molecule has 0 radical (unpaired) electrons. The van der Waals surface area contributed by atoms with Gasteiger partial charge in [-0.15, -0.1) is 0 Å². The van der Waals surface area contributed by atoms with Crippen LogP contribution in [0.3, 0.4) is 0 Å². The molecule has 0 atom stereocenters. The number of halogens is 1. The van der Waals surface area contributed by atoms with Crippen LogP contribution < -0.4 is 10.5 Å². The van der Waals surface area contributed by atoms with Gasteiger partial charge in [0.2, 0.25) is 5.88 Å². The van der Waals surface area contributed by atoms with Gasteiger partial charge in [-0.1, -0.05) is 24.6 Å². The fourth-order valence-electron chi connectivity index (χ4n) is 1.68. The van der Waals surface area contributed by atoms with E-state index in [0.717, 1.165) is 18.4 Å². The Labute approximate surface area is 117 Å². The molecule has 2 N–H and O–H groups in total. The van der Waals surface area contributed by atoms with Crippen LogP contribution in [-0.4, -0.2) is 9.97 Å². The molecule has 0 bridgehead atoms. The molecule has 0 unspecified atom stereocenters. The molecule has 1 aromatic heterocycles. The van der Waals surface area contributed by atoms with Gasteiger partial charge in [-0.25, -0.2) is 4.98 Å². The molecule has 0 saturated heterocycles. The van der Waals surface area contributed by atoms with Crippen molar-refractivity contribution in [3.8, 4) is 11.6 Å². The summed E-state index contributed by atoms with van der Waals surface area (Å²) in [4.78, 5) is 8.50. The zero-order chi connectivity index (χ0) is 13.8. The Hall–Kier alpha value is -1.81. The van der Waals surface area contributed by atoms with Gasteiger partial charge >= 0.3 is 0 Å². The first-order valence-corrected chi connectivity index (χ1v) is 6.53. The summed E-state index contributed by atoms with van der Waals surface area (Å²) in [5.41, 5.74) is 6.74. The number of hydrogen-bond donors (Lipinski definition) is 1. The molecular weight excluding hydrogens is 262 g/mol. The summed E-state index contributed by atoms with van der Waals surface area (Å²) >= 11 is 5.96. The van der Waals surface area contributed by atoms with Crippen LogP contribution in [0, 0.1) is 6.92 Å². The third-order valence-corrected chi connectivity index (χ3v) is 2.84. The Kier molecular flexibility index (Phi) is 4.22. The highest BCUT2D eigenvalue weighted by atomic mass is 35.5. The third kappa shape index (κ3) is 3.58. The van der Waals surface area contributed by atoms with Crippen molar-refractivity contribution in [3.05, 3.63) is 40.7 Å². The number of ether oxygens (including phenoxy) is 1. The fourth-order valence-corrected chi connectivity index (χ4v) is 1.84. The third-order valence-electron chi connectivity index (χ3n) is 2.61. The van der Waals surface area contributed by atoms with Crippen LogP contribution in [0.15, 0.2) is 24.3 Å². The number of nitrogen functional groups attached to an aromatic ring is 1. The van der Waals surface area contributed by atoms with Crippen molar-refractivity contribution >= 4 is 17.4 Å². The van der Waals surface area contributed by atoms with Gasteiger partial charge in [0.05, 0.1) is 0 Å². The van der Waals surface area contributed by atoms with E-state index in [1.54, 1.807) is 12.1 Å². The van der Waals surface area contributed by atoms with E-state index in [4.69, 9.17) is 22.1 Å². The molecule has 2 aromatic rings. The van der Waals surface area contributed by atoms with Gasteiger partial charge in [0.15, 0.2) is 0 Å². The van der Waals surface area contributed by atoms with E-state index in [1.165, 1.54) is 0 Å². The van der Waals surface area contributed by atoms with Crippen molar-refractivity contribution in [2.24, 2.45) is 0 Å². The quantitative estimate of drug-likeness (QED) is 0.924. The van der Waals surface area contributed by atoms with Gasteiger partial charge in [0.25, 0.3) is 0 Å². The molecule has 1 aromatic carbocycles. The molecule has 0 saturated carbocycles. The van der Waals surface area contributed by atoms with E-state index < -0.39 is 0 Å². The Morgan fingerprint density at radius 2 is 2.05 bits per heavy atom. The smallest absolute Gasteiger partial charge is 0.224 e. The first kappa shape index (κ1) is 13.6. The average molecular weight is 278 g/mol. The van der Waals surface area contributed by atoms with Gasteiger partial charge in [0, 0.05) is 17.5 Å². The van der Waals surface area contributed by atoms with Crippen LogP contribution in [0.1, 0.15) is 24.7 Å². The summed E-state index contributed by atoms with van der Waals surface area (Å²) in [6.45, 7) is 4.01. The van der Waals surface area contributed by atoms with Crippen molar-refractivity contribution in [2.45, 2.75) is 26.7 Å². The summed E-state index contributed by atoms with van der Waals surface area (Å²) in [5, 5.41) is 0.622. The number of aryl methyl sites for hydroxylation is 2. The number of nitrogens with zero attached hydrogens (tertiary/aromatic N) is 2. The van der Waals surface area contributed by atoms with Crippen LogP contribution in [0.5, 0.6) is 11.6 Å². The molecule has 100 valence electrons. The van der Waals surface area contributed by atoms with Gasteiger partial charge in [0.1, 0.15) is 17.4 Å². The molecule has 0 fully saturated rings. The number of aromatic nitrogens is 2. The van der Waals surface area contributed by atoms with Crippen LogP contribution >= 0.6 is 11.6 Å². The maximum atomic E-state index is 5.96. The van der Waals surface area contributed by atoms with E-state index in [0.29, 0.717) is 28.3 Å². The van der Waals surface area contributed by atoms with Gasteiger partial charge in [-0.05, 0) is 31.0 Å². The van der Waals surface area contributed by atoms with E-state index in [-0.39, 0.29) is 0 Å². The lowest BCUT2D eigenvalue weighted by molar-refractivity contribution is 0.455. The lowest BCUT2D eigenvalue weighted by Gasteiger charge is -2.09. The lowest BCUT2D eigenvalue weighted by atomic mass is 10.2. The minimum atomic E-state index is 0.410. The highest BCUT2D eigenvalue weighted by Crippen LogP contribution is 2.27. The maximum Gasteiger partial charge on any atom is 0.224 e. The fraction of sp³-hybridized carbons (Fsp3) is 0.286. The zero-order valence-corrected chi connectivity index (χ0v) is 11.7. The topological polar surface area (TPSA) is 61.0 Å². The normalized spacial score (nSPS) is 10.5. The van der Waals surface area contributed by atoms with Crippen LogP contribution in [0.4, 0.5) is 5.82 Å². The SMILES string of the molecule is CCCc1nc(N)cc(Oc2cc(Cl)ccc2C)n1. The largest absolute Gasteiger partial charge is 0.439 e. The molecule has 1 heterocycles. The first-order chi connectivity index (χ1) is 9.08. The second kappa shape index (κ2) is 5.89. The molecule has 0 aliphatic heterocycles. The van der Waals surface area contributed by atoms with Crippen molar-refractivity contribution in [1.29, 1.82) is 0 Å². The number of rotatable bonds is 4. The molecule has 19 heavy (non-hydrogen) atoms. The van der Waals surface area contributed by atoms with E-state index in [2.05, 4.69) is 16.9 Å². The van der Waals surface area contributed by atoms with Gasteiger partial charge in [-0.3, -0.25) is 0 Å². The first-order valence-electron chi connectivity index (χ1n) is 6.16. The van der Waals surface area contributed by atoms with Crippen LogP contribution in [-0.2, 0) is 6.42 Å². The molecule has 0 aliphatic rings. The second-order valence-electron chi connectivity index (χ2n) is 4.31. The summed E-state index contributed by atoms with van der Waals surface area (Å²) in [7, 11) is 0. The Balaban J connectivity index is 2.29. The standard InChI is InChI=1S/C14H16ClN3O/c1-3-4-13-17-12(16)8-14(18-13)19-11-7-10(15)6-5-9(11)2/h5-8H,3-4H2,1-2H3,(H2,16,17,18). The molecule has 5 heteroatoms. The summed E-state index contributed by atoms with van der Waals surface area (Å²) in [6.07, 6.45) is 1.73. The predicted octanol–water partition coefficient (Wildman–Crippen LogP) is 3.77. The Morgan fingerprint density at radius 3 is 2.79 bits per heavy atom. The zero-order valence-electron chi connectivity index (χ0n) is 11.0. The van der Waals surface area contributed by atoms with E-state index >= 15 is 0 Å². The van der Waals surface area contributed by atoms with Crippen molar-refractivity contribution in [2.75, 3.05) is 5.73 Å². The number of nitrogens with two attached hydrogens (primary N) is 1. The molecule has 0 spiro atoms. The summed E-state index contributed by atoms with van der Waals surface area (Å²) in [6, 6.07) is 7.09. The maximum absolute atomic E-state index is 5.96. The van der Waals surface area contributed by atoms with Crippen LogP contribution in [0.25, 0.3) is 0 Å². The minimum Gasteiger partial charge on any atom is -0.439 e. The molecule has 0 aliphatic carbocycles. The highest BCUT2D eigenvalue weighted by Gasteiger charge is 2.07. The molecular formula is C14H16ClN3O. The van der Waals surface area contributed by atoms with Crippen molar-refractivity contribution < 1.29 is 4.74 Å².